The summed E-state index contributed by atoms with van der Waals surface area (Å²) in [6.45, 7) is 13.2. The minimum absolute atomic E-state index is 0.575. The molecule has 1 saturated heterocycles. The predicted octanol–water partition coefficient (Wildman–Crippen LogP) is 3.21. The first-order valence-electron chi connectivity index (χ1n) is 9.48. The molecule has 0 spiro atoms. The lowest BCUT2D eigenvalue weighted by Gasteiger charge is -2.17. The molecule has 0 bridgehead atoms. The molecule has 4 nitrogen and oxygen atoms in total. The molecule has 2 unspecified atom stereocenters. The van der Waals surface area contributed by atoms with Gasteiger partial charge in [-0.3, -0.25) is 4.99 Å². The summed E-state index contributed by atoms with van der Waals surface area (Å²) in [7, 11) is 0. The van der Waals surface area contributed by atoms with Crippen LogP contribution in [0, 0.1) is 11.8 Å². The SMILES string of the molecule is CCCN1CCC(CNC(=NCC(C)Cc2cccs2)NCC)C1. The van der Waals surface area contributed by atoms with E-state index in [0.717, 1.165) is 37.9 Å². The van der Waals surface area contributed by atoms with Gasteiger partial charge in [-0.1, -0.05) is 19.9 Å². The molecule has 0 amide bonds. The third-order valence-corrected chi connectivity index (χ3v) is 5.40. The zero-order valence-corrected chi connectivity index (χ0v) is 16.4. The maximum absolute atomic E-state index is 4.80. The molecular formula is C19H34N4S. The summed E-state index contributed by atoms with van der Waals surface area (Å²) in [6, 6.07) is 4.35. The van der Waals surface area contributed by atoms with Gasteiger partial charge >= 0.3 is 0 Å². The molecule has 1 aromatic heterocycles. The van der Waals surface area contributed by atoms with Crippen molar-refractivity contribution in [3.8, 4) is 0 Å². The van der Waals surface area contributed by atoms with Crippen LogP contribution in [0.15, 0.2) is 22.5 Å². The van der Waals surface area contributed by atoms with E-state index in [9.17, 15) is 0 Å². The van der Waals surface area contributed by atoms with Crippen LogP contribution in [0.3, 0.4) is 0 Å². The summed E-state index contributed by atoms with van der Waals surface area (Å²) >= 11 is 1.84. The van der Waals surface area contributed by atoms with Gasteiger partial charge in [0.15, 0.2) is 5.96 Å². The monoisotopic (exact) mass is 350 g/mol. The third kappa shape index (κ3) is 6.81. The molecule has 1 fully saturated rings. The largest absolute Gasteiger partial charge is 0.357 e. The summed E-state index contributed by atoms with van der Waals surface area (Å²) in [5, 5.41) is 9.09. The predicted molar refractivity (Wildman–Crippen MR) is 106 cm³/mol. The van der Waals surface area contributed by atoms with Gasteiger partial charge in [0.05, 0.1) is 0 Å². The lowest BCUT2D eigenvalue weighted by Crippen LogP contribution is -2.40. The van der Waals surface area contributed by atoms with Gasteiger partial charge in [0, 0.05) is 31.1 Å². The Kier molecular flexibility index (Phi) is 8.60. The topological polar surface area (TPSA) is 39.7 Å². The fourth-order valence-corrected chi connectivity index (χ4v) is 4.14. The van der Waals surface area contributed by atoms with Gasteiger partial charge in [-0.15, -0.1) is 11.3 Å². The average Bonchev–Trinajstić information content (AvgIpc) is 3.22. The van der Waals surface area contributed by atoms with Gasteiger partial charge in [0.2, 0.25) is 0 Å². The number of aliphatic imine (C=N–C) groups is 1. The number of guanidine groups is 1. The van der Waals surface area contributed by atoms with Gasteiger partial charge in [-0.05, 0) is 62.6 Å². The van der Waals surface area contributed by atoms with E-state index in [-0.39, 0.29) is 0 Å². The van der Waals surface area contributed by atoms with Gasteiger partial charge < -0.3 is 15.5 Å². The fraction of sp³-hybridized carbons (Fsp3) is 0.737. The Balaban J connectivity index is 1.74. The number of nitrogens with zero attached hydrogens (tertiary/aromatic N) is 2. The van der Waals surface area contributed by atoms with Crippen molar-refractivity contribution in [2.24, 2.45) is 16.8 Å². The number of nitrogens with one attached hydrogen (secondary N) is 2. The molecule has 2 heterocycles. The number of hydrogen-bond acceptors (Lipinski definition) is 3. The highest BCUT2D eigenvalue weighted by Gasteiger charge is 2.21. The minimum Gasteiger partial charge on any atom is -0.357 e. The Labute approximate surface area is 151 Å². The molecule has 0 saturated carbocycles. The Morgan fingerprint density at radius 3 is 3.00 bits per heavy atom. The van der Waals surface area contributed by atoms with Gasteiger partial charge in [-0.2, -0.15) is 0 Å². The first kappa shape index (κ1) is 19.3. The molecule has 0 aliphatic carbocycles. The molecule has 2 N–H and O–H groups in total. The van der Waals surface area contributed by atoms with Crippen molar-refractivity contribution in [2.75, 3.05) is 39.3 Å². The zero-order valence-electron chi connectivity index (χ0n) is 15.6. The van der Waals surface area contributed by atoms with E-state index in [1.807, 2.05) is 11.3 Å². The van der Waals surface area contributed by atoms with E-state index in [4.69, 9.17) is 4.99 Å². The molecule has 24 heavy (non-hydrogen) atoms. The molecule has 136 valence electrons. The zero-order chi connectivity index (χ0) is 17.2. The number of hydrogen-bond donors (Lipinski definition) is 2. The summed E-state index contributed by atoms with van der Waals surface area (Å²) in [5.74, 6) is 2.30. The average molecular weight is 351 g/mol. The minimum atomic E-state index is 0.575. The maximum Gasteiger partial charge on any atom is 0.191 e. The fourth-order valence-electron chi connectivity index (χ4n) is 3.27. The van der Waals surface area contributed by atoms with E-state index in [1.54, 1.807) is 0 Å². The van der Waals surface area contributed by atoms with Crippen LogP contribution in [-0.2, 0) is 6.42 Å². The molecule has 2 rings (SSSR count). The van der Waals surface area contributed by atoms with Crippen LogP contribution in [0.2, 0.25) is 0 Å². The molecule has 1 aliphatic rings. The third-order valence-electron chi connectivity index (χ3n) is 4.50. The van der Waals surface area contributed by atoms with Crippen molar-refractivity contribution in [2.45, 2.75) is 40.0 Å². The smallest absolute Gasteiger partial charge is 0.191 e. The van der Waals surface area contributed by atoms with Crippen LogP contribution in [-0.4, -0.2) is 50.1 Å². The van der Waals surface area contributed by atoms with Crippen molar-refractivity contribution in [1.82, 2.24) is 15.5 Å². The van der Waals surface area contributed by atoms with Crippen molar-refractivity contribution >= 4 is 17.3 Å². The lowest BCUT2D eigenvalue weighted by atomic mass is 10.1. The molecule has 2 atom stereocenters. The Hall–Kier alpha value is -1.07. The van der Waals surface area contributed by atoms with Crippen molar-refractivity contribution in [3.63, 3.8) is 0 Å². The second-order valence-corrected chi connectivity index (χ2v) is 7.98. The molecular weight excluding hydrogens is 316 g/mol. The molecule has 1 aromatic rings. The first-order valence-corrected chi connectivity index (χ1v) is 10.4. The summed E-state index contributed by atoms with van der Waals surface area (Å²) in [5.41, 5.74) is 0. The molecule has 0 aromatic carbocycles. The van der Waals surface area contributed by atoms with Crippen LogP contribution >= 0.6 is 11.3 Å². The van der Waals surface area contributed by atoms with Crippen LogP contribution in [0.1, 0.15) is 38.5 Å². The number of rotatable bonds is 9. The Bertz CT molecular complexity index is 472. The summed E-state index contributed by atoms with van der Waals surface area (Å²) in [4.78, 5) is 8.83. The van der Waals surface area contributed by atoms with E-state index in [0.29, 0.717) is 5.92 Å². The van der Waals surface area contributed by atoms with E-state index in [2.05, 4.69) is 53.8 Å². The quantitative estimate of drug-likeness (QED) is 0.531. The maximum atomic E-state index is 4.80. The highest BCUT2D eigenvalue weighted by Crippen LogP contribution is 2.16. The summed E-state index contributed by atoms with van der Waals surface area (Å²) < 4.78 is 0. The van der Waals surface area contributed by atoms with Gasteiger partial charge in [-0.25, -0.2) is 0 Å². The van der Waals surface area contributed by atoms with Crippen molar-refractivity contribution in [3.05, 3.63) is 22.4 Å². The highest BCUT2D eigenvalue weighted by molar-refractivity contribution is 7.09. The first-order chi connectivity index (χ1) is 11.7. The van der Waals surface area contributed by atoms with E-state index < -0.39 is 0 Å². The van der Waals surface area contributed by atoms with Crippen LogP contribution < -0.4 is 10.6 Å². The summed E-state index contributed by atoms with van der Waals surface area (Å²) in [6.07, 6.45) is 3.68. The molecule has 0 radical (unpaired) electrons. The second kappa shape index (κ2) is 10.7. The van der Waals surface area contributed by atoms with Crippen LogP contribution in [0.4, 0.5) is 0 Å². The second-order valence-electron chi connectivity index (χ2n) is 6.94. The lowest BCUT2D eigenvalue weighted by molar-refractivity contribution is 0.324. The standard InChI is InChI=1S/C19H34N4S/c1-4-9-23-10-8-17(15-23)14-22-19(20-5-2)21-13-16(3)12-18-7-6-11-24-18/h6-7,11,16-17H,4-5,8-10,12-15H2,1-3H3,(H2,20,21,22). The Morgan fingerprint density at radius 2 is 2.29 bits per heavy atom. The van der Waals surface area contributed by atoms with E-state index in [1.165, 1.54) is 37.4 Å². The number of likely N-dealkylation sites (tertiary alicyclic amines) is 1. The van der Waals surface area contributed by atoms with Gasteiger partial charge in [0.1, 0.15) is 0 Å². The highest BCUT2D eigenvalue weighted by atomic mass is 32.1. The van der Waals surface area contributed by atoms with Crippen molar-refractivity contribution in [1.29, 1.82) is 0 Å². The van der Waals surface area contributed by atoms with Crippen molar-refractivity contribution < 1.29 is 0 Å². The Morgan fingerprint density at radius 1 is 1.42 bits per heavy atom. The molecule has 1 aliphatic heterocycles. The van der Waals surface area contributed by atoms with E-state index >= 15 is 0 Å². The number of thiophene rings is 1. The molecule has 5 heteroatoms. The van der Waals surface area contributed by atoms with Crippen LogP contribution in [0.5, 0.6) is 0 Å². The van der Waals surface area contributed by atoms with Crippen LogP contribution in [0.25, 0.3) is 0 Å². The van der Waals surface area contributed by atoms with Gasteiger partial charge in [0.25, 0.3) is 0 Å². The normalized spacial score (nSPS) is 20.3.